The molecule has 4 rings (SSSR count). The Morgan fingerprint density at radius 1 is 1.13 bits per heavy atom. The van der Waals surface area contributed by atoms with Crippen LogP contribution in [0.25, 0.3) is 11.0 Å². The first kappa shape index (κ1) is 20.5. The number of aromatic nitrogens is 2. The molecule has 1 N–H and O–H groups in total. The second kappa shape index (κ2) is 8.51. The summed E-state index contributed by atoms with van der Waals surface area (Å²) in [7, 11) is 0. The van der Waals surface area contributed by atoms with E-state index >= 15 is 0 Å². The van der Waals surface area contributed by atoms with Crippen LogP contribution in [-0.2, 0) is 17.5 Å². The van der Waals surface area contributed by atoms with Crippen LogP contribution in [0.2, 0.25) is 0 Å². The minimum atomic E-state index is -4.65. The number of benzene rings is 1. The largest absolute Gasteiger partial charge is 0.468 e. The van der Waals surface area contributed by atoms with Gasteiger partial charge in [-0.3, -0.25) is 9.69 Å². The minimum absolute atomic E-state index is 0.147. The highest BCUT2D eigenvalue weighted by molar-refractivity contribution is 5.81. The van der Waals surface area contributed by atoms with Crippen LogP contribution in [0, 0.1) is 0 Å². The number of imidazole rings is 1. The van der Waals surface area contributed by atoms with Crippen molar-refractivity contribution >= 4 is 16.9 Å². The van der Waals surface area contributed by atoms with E-state index in [4.69, 9.17) is 4.42 Å². The number of carbonyl (C=O) groups is 1. The monoisotopic (exact) mass is 420 g/mol. The highest BCUT2D eigenvalue weighted by Gasteiger charge is 2.38. The van der Waals surface area contributed by atoms with Crippen LogP contribution in [0.4, 0.5) is 13.2 Å². The summed E-state index contributed by atoms with van der Waals surface area (Å²) in [5, 5.41) is 2.79. The summed E-state index contributed by atoms with van der Waals surface area (Å²) in [6, 6.07) is 9.78. The van der Waals surface area contributed by atoms with Crippen molar-refractivity contribution in [2.24, 2.45) is 0 Å². The quantitative estimate of drug-likeness (QED) is 0.655. The number of nitrogens with one attached hydrogen (secondary N) is 1. The Balaban J connectivity index is 1.50. The van der Waals surface area contributed by atoms with Crippen LogP contribution in [0.1, 0.15) is 36.9 Å². The molecular formula is C21H23F3N4O2. The van der Waals surface area contributed by atoms with Gasteiger partial charge in [-0.25, -0.2) is 4.98 Å². The maximum Gasteiger partial charge on any atom is 0.449 e. The molecule has 0 saturated carbocycles. The number of carbonyl (C=O) groups excluding carboxylic acids is 1. The predicted octanol–water partition coefficient (Wildman–Crippen LogP) is 3.99. The standard InChI is InChI=1S/C21H23F3N4O2/c22-21(23,24)20-26-15-7-2-3-8-16(15)28(20)14-19(29)25-13-17(18-9-6-12-30-18)27-10-4-1-5-11-27/h2-3,6-9,12,17H,1,4-5,10-11,13-14H2,(H,25,29). The number of halogens is 3. The van der Waals surface area contributed by atoms with E-state index in [-0.39, 0.29) is 23.6 Å². The van der Waals surface area contributed by atoms with Gasteiger partial charge in [-0.2, -0.15) is 13.2 Å². The fraction of sp³-hybridized carbons (Fsp3) is 0.429. The zero-order chi connectivity index (χ0) is 21.1. The Bertz CT molecular complexity index is 992. The van der Waals surface area contributed by atoms with E-state index in [1.807, 2.05) is 6.07 Å². The van der Waals surface area contributed by atoms with Crippen LogP contribution in [0.3, 0.4) is 0 Å². The number of likely N-dealkylation sites (tertiary alicyclic amines) is 1. The highest BCUT2D eigenvalue weighted by atomic mass is 19.4. The number of piperidine rings is 1. The average molecular weight is 420 g/mol. The first-order chi connectivity index (χ1) is 14.4. The second-order valence-corrected chi connectivity index (χ2v) is 7.44. The summed E-state index contributed by atoms with van der Waals surface area (Å²) < 4.78 is 46.8. The number of hydrogen-bond donors (Lipinski definition) is 1. The molecule has 2 aromatic heterocycles. The zero-order valence-electron chi connectivity index (χ0n) is 16.4. The smallest absolute Gasteiger partial charge is 0.449 e. The lowest BCUT2D eigenvalue weighted by atomic mass is 10.1. The molecule has 1 atom stereocenters. The Hall–Kier alpha value is -2.81. The molecule has 3 heterocycles. The van der Waals surface area contributed by atoms with Crippen LogP contribution in [0.15, 0.2) is 47.1 Å². The molecule has 30 heavy (non-hydrogen) atoms. The molecule has 1 aromatic carbocycles. The molecule has 160 valence electrons. The minimum Gasteiger partial charge on any atom is -0.468 e. The Kier molecular flexibility index (Phi) is 5.80. The molecular weight excluding hydrogens is 397 g/mol. The molecule has 1 saturated heterocycles. The van der Waals surface area contributed by atoms with Crippen LogP contribution < -0.4 is 5.32 Å². The number of furan rings is 1. The van der Waals surface area contributed by atoms with Crippen LogP contribution in [-0.4, -0.2) is 40.0 Å². The van der Waals surface area contributed by atoms with E-state index in [0.29, 0.717) is 0 Å². The Labute approximate surface area is 171 Å². The number of alkyl halides is 3. The predicted molar refractivity (Wildman–Crippen MR) is 105 cm³/mol. The van der Waals surface area contributed by atoms with Gasteiger partial charge in [0.15, 0.2) is 0 Å². The number of fused-ring (bicyclic) bond motifs is 1. The van der Waals surface area contributed by atoms with Crippen molar-refractivity contribution in [3.8, 4) is 0 Å². The van der Waals surface area contributed by atoms with Gasteiger partial charge in [0.1, 0.15) is 12.3 Å². The average Bonchev–Trinajstić information content (AvgIpc) is 3.38. The maximum atomic E-state index is 13.4. The molecule has 6 nitrogen and oxygen atoms in total. The van der Waals surface area contributed by atoms with Gasteiger partial charge in [0, 0.05) is 6.54 Å². The molecule has 0 aliphatic carbocycles. The summed E-state index contributed by atoms with van der Waals surface area (Å²) in [4.78, 5) is 18.5. The van der Waals surface area contributed by atoms with Gasteiger partial charge in [0.05, 0.1) is 23.3 Å². The SMILES string of the molecule is O=C(Cn1c(C(F)(F)F)nc2ccccc21)NCC(c1ccco1)N1CCCCC1. The van der Waals surface area contributed by atoms with Crippen molar-refractivity contribution < 1.29 is 22.4 Å². The van der Waals surface area contributed by atoms with E-state index < -0.39 is 24.5 Å². The molecule has 1 fully saturated rings. The summed E-state index contributed by atoms with van der Waals surface area (Å²) in [5.41, 5.74) is 0.484. The lowest BCUT2D eigenvalue weighted by molar-refractivity contribution is -0.147. The van der Waals surface area contributed by atoms with Gasteiger partial charge >= 0.3 is 6.18 Å². The van der Waals surface area contributed by atoms with Crippen LogP contribution in [0.5, 0.6) is 0 Å². The first-order valence-electron chi connectivity index (χ1n) is 10.00. The van der Waals surface area contributed by atoms with Crippen LogP contribution >= 0.6 is 0 Å². The number of amides is 1. The normalized spacial score (nSPS) is 16.6. The maximum absolute atomic E-state index is 13.4. The van der Waals surface area contributed by atoms with Crippen molar-refractivity contribution in [2.45, 2.75) is 38.0 Å². The molecule has 0 radical (unpaired) electrons. The summed E-state index contributed by atoms with van der Waals surface area (Å²) >= 11 is 0. The summed E-state index contributed by atoms with van der Waals surface area (Å²) in [5.74, 6) is -0.837. The van der Waals surface area contributed by atoms with Gasteiger partial charge in [-0.1, -0.05) is 18.6 Å². The topological polar surface area (TPSA) is 63.3 Å². The highest BCUT2D eigenvalue weighted by Crippen LogP contribution is 2.31. The number of rotatable bonds is 6. The second-order valence-electron chi connectivity index (χ2n) is 7.44. The molecule has 0 spiro atoms. The van der Waals surface area contributed by atoms with Gasteiger partial charge in [-0.05, 0) is 50.2 Å². The van der Waals surface area contributed by atoms with Crippen molar-refractivity contribution in [1.29, 1.82) is 0 Å². The molecule has 0 bridgehead atoms. The van der Waals surface area contributed by atoms with Crippen molar-refractivity contribution in [1.82, 2.24) is 19.8 Å². The van der Waals surface area contributed by atoms with E-state index in [9.17, 15) is 18.0 Å². The number of nitrogens with zero attached hydrogens (tertiary/aromatic N) is 3. The molecule has 9 heteroatoms. The Morgan fingerprint density at radius 3 is 2.60 bits per heavy atom. The molecule has 1 unspecified atom stereocenters. The summed E-state index contributed by atoms with van der Waals surface area (Å²) in [6.07, 6.45) is 0.245. The molecule has 1 aliphatic rings. The molecule has 1 aliphatic heterocycles. The fourth-order valence-corrected chi connectivity index (χ4v) is 3.98. The first-order valence-corrected chi connectivity index (χ1v) is 10.00. The van der Waals surface area contributed by atoms with E-state index in [1.54, 1.807) is 24.5 Å². The van der Waals surface area contributed by atoms with Gasteiger partial charge in [-0.15, -0.1) is 0 Å². The third-order valence-corrected chi connectivity index (χ3v) is 5.41. The summed E-state index contributed by atoms with van der Waals surface area (Å²) in [6.45, 7) is 1.60. The molecule has 1 amide bonds. The van der Waals surface area contributed by atoms with Gasteiger partial charge in [0.25, 0.3) is 0 Å². The van der Waals surface area contributed by atoms with Crippen molar-refractivity contribution in [3.63, 3.8) is 0 Å². The number of para-hydroxylation sites is 2. The van der Waals surface area contributed by atoms with Gasteiger partial charge < -0.3 is 14.3 Å². The third-order valence-electron chi connectivity index (χ3n) is 5.41. The number of hydrogen-bond acceptors (Lipinski definition) is 4. The Morgan fingerprint density at radius 2 is 1.90 bits per heavy atom. The fourth-order valence-electron chi connectivity index (χ4n) is 3.98. The lowest BCUT2D eigenvalue weighted by Crippen LogP contribution is -2.41. The van der Waals surface area contributed by atoms with Gasteiger partial charge in [0.2, 0.25) is 11.7 Å². The lowest BCUT2D eigenvalue weighted by Gasteiger charge is -2.33. The third kappa shape index (κ3) is 4.35. The van der Waals surface area contributed by atoms with E-state index in [0.717, 1.165) is 36.3 Å². The van der Waals surface area contributed by atoms with E-state index in [2.05, 4.69) is 15.2 Å². The zero-order valence-corrected chi connectivity index (χ0v) is 16.4. The van der Waals surface area contributed by atoms with E-state index in [1.165, 1.54) is 18.6 Å². The molecule has 3 aromatic rings. The van der Waals surface area contributed by atoms with Crippen molar-refractivity contribution in [3.05, 3.63) is 54.2 Å². The van der Waals surface area contributed by atoms with Crippen molar-refractivity contribution in [2.75, 3.05) is 19.6 Å².